The molecule has 1 saturated carbocycles. The van der Waals surface area contributed by atoms with Crippen molar-refractivity contribution in [2.45, 2.75) is 37.8 Å². The number of carbonyl (C=O) groups is 1. The SMILES string of the molecule is NC(=O)c1nnc(N[C@@H]2CCCC[C@@H]2N)nc1Nc1csc2ncccc12. The molecule has 1 aliphatic carbocycles. The summed E-state index contributed by atoms with van der Waals surface area (Å²) in [5.41, 5.74) is 12.4. The summed E-state index contributed by atoms with van der Waals surface area (Å²) in [6.07, 6.45) is 5.89. The van der Waals surface area contributed by atoms with E-state index in [9.17, 15) is 4.79 Å². The zero-order valence-electron chi connectivity index (χ0n) is 14.6. The maximum atomic E-state index is 11.8. The Morgan fingerprint density at radius 3 is 2.93 bits per heavy atom. The van der Waals surface area contributed by atoms with Crippen LogP contribution in [0.2, 0.25) is 0 Å². The number of pyridine rings is 1. The first-order valence-electron chi connectivity index (χ1n) is 8.77. The second-order valence-corrected chi connectivity index (χ2v) is 7.38. The third-order valence-electron chi connectivity index (χ3n) is 4.66. The Kier molecular flexibility index (Phi) is 4.82. The third kappa shape index (κ3) is 3.67. The molecule has 0 radical (unpaired) electrons. The molecule has 0 bridgehead atoms. The predicted octanol–water partition coefficient (Wildman–Crippen LogP) is 2.01. The first-order chi connectivity index (χ1) is 13.1. The van der Waals surface area contributed by atoms with Gasteiger partial charge in [-0.15, -0.1) is 21.5 Å². The van der Waals surface area contributed by atoms with E-state index in [1.807, 2.05) is 17.5 Å². The highest BCUT2D eigenvalue weighted by Gasteiger charge is 2.23. The molecular weight excluding hydrogens is 364 g/mol. The van der Waals surface area contributed by atoms with Crippen molar-refractivity contribution in [2.24, 2.45) is 11.5 Å². The minimum Gasteiger partial charge on any atom is -0.364 e. The number of carbonyl (C=O) groups excluding carboxylic acids is 1. The summed E-state index contributed by atoms with van der Waals surface area (Å²) < 4.78 is 0. The lowest BCUT2D eigenvalue weighted by Gasteiger charge is -2.29. The number of hydrogen-bond donors (Lipinski definition) is 4. The Bertz CT molecular complexity index is 974. The molecular formula is C17H20N8OS. The molecule has 3 aromatic rings. The van der Waals surface area contributed by atoms with Crippen LogP contribution in [0.1, 0.15) is 36.2 Å². The van der Waals surface area contributed by atoms with Crippen LogP contribution >= 0.6 is 11.3 Å². The number of nitrogens with one attached hydrogen (secondary N) is 2. The van der Waals surface area contributed by atoms with Crippen LogP contribution in [0.3, 0.4) is 0 Å². The molecule has 6 N–H and O–H groups in total. The summed E-state index contributed by atoms with van der Waals surface area (Å²) >= 11 is 1.49. The smallest absolute Gasteiger partial charge is 0.273 e. The summed E-state index contributed by atoms with van der Waals surface area (Å²) in [5.74, 6) is -0.119. The highest BCUT2D eigenvalue weighted by molar-refractivity contribution is 7.17. The molecule has 10 heteroatoms. The summed E-state index contributed by atoms with van der Waals surface area (Å²) in [6.45, 7) is 0. The van der Waals surface area contributed by atoms with Gasteiger partial charge in [0.15, 0.2) is 11.5 Å². The van der Waals surface area contributed by atoms with E-state index in [0.29, 0.717) is 5.95 Å². The lowest BCUT2D eigenvalue weighted by molar-refractivity contribution is 0.0995. The number of aromatic nitrogens is 4. The quantitative estimate of drug-likeness (QED) is 0.523. The van der Waals surface area contributed by atoms with Gasteiger partial charge in [0.1, 0.15) is 4.83 Å². The first-order valence-corrected chi connectivity index (χ1v) is 9.65. The van der Waals surface area contributed by atoms with E-state index >= 15 is 0 Å². The fourth-order valence-electron chi connectivity index (χ4n) is 3.24. The van der Waals surface area contributed by atoms with E-state index in [1.165, 1.54) is 11.3 Å². The van der Waals surface area contributed by atoms with Gasteiger partial charge in [-0.05, 0) is 25.0 Å². The van der Waals surface area contributed by atoms with Gasteiger partial charge in [0.05, 0.1) is 5.69 Å². The minimum absolute atomic E-state index is 0.0169. The molecule has 27 heavy (non-hydrogen) atoms. The van der Waals surface area contributed by atoms with E-state index in [0.717, 1.165) is 41.6 Å². The number of primary amides is 1. The van der Waals surface area contributed by atoms with Gasteiger partial charge in [-0.1, -0.05) is 12.8 Å². The standard InChI is InChI=1S/C17H20N8OS/c18-10-5-1-2-6-11(10)22-17-23-15(13(14(19)26)24-25-17)21-12-8-27-16-9(12)4-3-7-20-16/h3-4,7-8,10-11H,1-2,5-6,18H2,(H2,19,26)(H2,21,22,23,25)/t10-,11+/m0/s1. The number of anilines is 3. The van der Waals surface area contributed by atoms with Crippen LogP contribution in [0.5, 0.6) is 0 Å². The van der Waals surface area contributed by atoms with E-state index in [2.05, 4.69) is 30.8 Å². The van der Waals surface area contributed by atoms with Gasteiger partial charge in [-0.3, -0.25) is 4.79 Å². The van der Waals surface area contributed by atoms with Crippen LogP contribution in [0.25, 0.3) is 10.2 Å². The van der Waals surface area contributed by atoms with Crippen molar-refractivity contribution < 1.29 is 4.79 Å². The van der Waals surface area contributed by atoms with Crippen LogP contribution in [-0.4, -0.2) is 38.2 Å². The Labute approximate surface area is 159 Å². The number of thiophene rings is 1. The van der Waals surface area contributed by atoms with Gasteiger partial charge < -0.3 is 22.1 Å². The summed E-state index contributed by atoms with van der Waals surface area (Å²) in [6, 6.07) is 3.92. The van der Waals surface area contributed by atoms with E-state index in [1.54, 1.807) is 6.20 Å². The second kappa shape index (κ2) is 7.41. The van der Waals surface area contributed by atoms with Crippen LogP contribution < -0.4 is 22.1 Å². The number of nitrogens with two attached hydrogens (primary N) is 2. The molecule has 3 heterocycles. The summed E-state index contributed by atoms with van der Waals surface area (Å²) in [5, 5.41) is 17.2. The van der Waals surface area contributed by atoms with E-state index in [-0.39, 0.29) is 23.6 Å². The van der Waals surface area contributed by atoms with Crippen molar-refractivity contribution in [3.63, 3.8) is 0 Å². The van der Waals surface area contributed by atoms with Gasteiger partial charge in [0, 0.05) is 29.0 Å². The molecule has 0 aliphatic heterocycles. The lowest BCUT2D eigenvalue weighted by atomic mass is 9.91. The molecule has 1 amide bonds. The largest absolute Gasteiger partial charge is 0.364 e. The molecule has 0 spiro atoms. The Morgan fingerprint density at radius 1 is 1.26 bits per heavy atom. The number of fused-ring (bicyclic) bond motifs is 1. The third-order valence-corrected chi connectivity index (χ3v) is 5.56. The fourth-order valence-corrected chi connectivity index (χ4v) is 4.08. The van der Waals surface area contributed by atoms with Crippen molar-refractivity contribution in [2.75, 3.05) is 10.6 Å². The molecule has 1 fully saturated rings. The minimum atomic E-state index is -0.698. The van der Waals surface area contributed by atoms with E-state index < -0.39 is 5.91 Å². The van der Waals surface area contributed by atoms with Crippen molar-refractivity contribution in [3.05, 3.63) is 29.4 Å². The normalized spacial score (nSPS) is 19.7. The fraction of sp³-hybridized carbons (Fsp3) is 0.353. The maximum Gasteiger partial charge on any atom is 0.273 e. The average molecular weight is 384 g/mol. The van der Waals surface area contributed by atoms with Crippen molar-refractivity contribution >= 4 is 44.9 Å². The zero-order chi connectivity index (χ0) is 18.8. The first kappa shape index (κ1) is 17.6. The van der Waals surface area contributed by atoms with Crippen LogP contribution in [-0.2, 0) is 0 Å². The monoisotopic (exact) mass is 384 g/mol. The number of nitrogens with zero attached hydrogens (tertiary/aromatic N) is 4. The van der Waals surface area contributed by atoms with Crippen molar-refractivity contribution in [1.29, 1.82) is 0 Å². The van der Waals surface area contributed by atoms with Crippen LogP contribution in [0, 0.1) is 0 Å². The summed E-state index contributed by atoms with van der Waals surface area (Å²) in [7, 11) is 0. The van der Waals surface area contributed by atoms with Gasteiger partial charge in [-0.25, -0.2) is 4.98 Å². The maximum absolute atomic E-state index is 11.8. The van der Waals surface area contributed by atoms with E-state index in [4.69, 9.17) is 11.5 Å². The second-order valence-electron chi connectivity index (χ2n) is 6.53. The van der Waals surface area contributed by atoms with Crippen LogP contribution in [0.15, 0.2) is 23.7 Å². The van der Waals surface area contributed by atoms with Gasteiger partial charge >= 0.3 is 0 Å². The molecule has 140 valence electrons. The van der Waals surface area contributed by atoms with Gasteiger partial charge in [-0.2, -0.15) is 4.98 Å². The highest BCUT2D eigenvalue weighted by atomic mass is 32.1. The number of rotatable bonds is 5. The van der Waals surface area contributed by atoms with Gasteiger partial charge in [0.2, 0.25) is 5.95 Å². The average Bonchev–Trinajstić information content (AvgIpc) is 3.07. The molecule has 0 aromatic carbocycles. The highest BCUT2D eigenvalue weighted by Crippen LogP contribution is 2.31. The molecule has 3 aromatic heterocycles. The molecule has 2 atom stereocenters. The number of amides is 1. The predicted molar refractivity (Wildman–Crippen MR) is 105 cm³/mol. The van der Waals surface area contributed by atoms with Gasteiger partial charge in [0.25, 0.3) is 5.91 Å². The number of hydrogen-bond acceptors (Lipinski definition) is 9. The Morgan fingerprint density at radius 2 is 2.11 bits per heavy atom. The molecule has 4 rings (SSSR count). The lowest BCUT2D eigenvalue weighted by Crippen LogP contribution is -2.43. The molecule has 0 saturated heterocycles. The van der Waals surface area contributed by atoms with Crippen LogP contribution in [0.4, 0.5) is 17.5 Å². The van der Waals surface area contributed by atoms with Crippen molar-refractivity contribution in [3.8, 4) is 0 Å². The zero-order valence-corrected chi connectivity index (χ0v) is 15.4. The molecule has 0 unspecified atom stereocenters. The topological polar surface area (TPSA) is 145 Å². The molecule has 1 aliphatic rings. The van der Waals surface area contributed by atoms with Crippen molar-refractivity contribution in [1.82, 2.24) is 20.2 Å². The Balaban J connectivity index is 1.64. The Hall–Kier alpha value is -2.85. The molecule has 9 nitrogen and oxygen atoms in total. The summed E-state index contributed by atoms with van der Waals surface area (Å²) in [4.78, 5) is 21.4.